The Morgan fingerprint density at radius 2 is 2.23 bits per heavy atom. The SMILES string of the molecule is O=c1c(C(F)F)c[nH]c(CCl)c1O. The largest absolute Gasteiger partial charge is 0.503 e. The van der Waals surface area contributed by atoms with E-state index in [1.54, 1.807) is 0 Å². The molecule has 0 saturated carbocycles. The van der Waals surface area contributed by atoms with Crippen molar-refractivity contribution in [2.24, 2.45) is 0 Å². The Balaban J connectivity index is 3.32. The molecular weight excluding hydrogens is 204 g/mol. The van der Waals surface area contributed by atoms with Crippen molar-refractivity contribution in [1.29, 1.82) is 0 Å². The van der Waals surface area contributed by atoms with Crippen LogP contribution < -0.4 is 5.43 Å². The molecule has 1 aromatic heterocycles. The average Bonchev–Trinajstić information content (AvgIpc) is 2.09. The molecule has 13 heavy (non-hydrogen) atoms. The van der Waals surface area contributed by atoms with Crippen LogP contribution in [0.2, 0.25) is 0 Å². The first-order valence-corrected chi connectivity index (χ1v) is 3.89. The maximum absolute atomic E-state index is 12.1. The van der Waals surface area contributed by atoms with Crippen LogP contribution in [0.1, 0.15) is 17.7 Å². The minimum absolute atomic E-state index is 0.0380. The molecule has 0 aliphatic carbocycles. The van der Waals surface area contributed by atoms with Gasteiger partial charge in [-0.1, -0.05) is 0 Å². The molecule has 0 saturated heterocycles. The zero-order chi connectivity index (χ0) is 10.0. The van der Waals surface area contributed by atoms with Crippen molar-refractivity contribution >= 4 is 11.6 Å². The lowest BCUT2D eigenvalue weighted by molar-refractivity contribution is 0.149. The van der Waals surface area contributed by atoms with Crippen molar-refractivity contribution in [2.45, 2.75) is 12.3 Å². The van der Waals surface area contributed by atoms with E-state index in [1.807, 2.05) is 0 Å². The summed E-state index contributed by atoms with van der Waals surface area (Å²) in [5.41, 5.74) is -1.80. The molecule has 0 aliphatic rings. The number of aromatic hydroxyl groups is 1. The van der Waals surface area contributed by atoms with Gasteiger partial charge in [-0.15, -0.1) is 11.6 Å². The molecule has 2 N–H and O–H groups in total. The van der Waals surface area contributed by atoms with Gasteiger partial charge >= 0.3 is 0 Å². The Morgan fingerprint density at radius 3 is 2.69 bits per heavy atom. The van der Waals surface area contributed by atoms with Gasteiger partial charge in [-0.2, -0.15) is 0 Å². The molecule has 0 fully saturated rings. The topological polar surface area (TPSA) is 53.1 Å². The van der Waals surface area contributed by atoms with Gasteiger partial charge in [-0.25, -0.2) is 8.78 Å². The summed E-state index contributed by atoms with van der Waals surface area (Å²) >= 11 is 5.32. The molecule has 0 aromatic carbocycles. The molecule has 6 heteroatoms. The Kier molecular flexibility index (Phi) is 2.87. The summed E-state index contributed by atoms with van der Waals surface area (Å²) in [6.07, 6.45) is -2.05. The number of aromatic amines is 1. The number of nitrogens with one attached hydrogen (secondary N) is 1. The summed E-state index contributed by atoms with van der Waals surface area (Å²) in [5, 5.41) is 9.07. The first-order valence-electron chi connectivity index (χ1n) is 3.35. The van der Waals surface area contributed by atoms with E-state index in [0.717, 1.165) is 6.20 Å². The van der Waals surface area contributed by atoms with Gasteiger partial charge in [-0.05, 0) is 0 Å². The molecule has 0 unspecified atom stereocenters. The lowest BCUT2D eigenvalue weighted by Crippen LogP contribution is -2.11. The second-order valence-electron chi connectivity index (χ2n) is 2.33. The van der Waals surface area contributed by atoms with E-state index < -0.39 is 23.2 Å². The molecule has 3 nitrogen and oxygen atoms in total. The van der Waals surface area contributed by atoms with Gasteiger partial charge in [0.05, 0.1) is 17.1 Å². The van der Waals surface area contributed by atoms with Gasteiger partial charge in [0.25, 0.3) is 6.43 Å². The van der Waals surface area contributed by atoms with Crippen molar-refractivity contribution in [3.63, 3.8) is 0 Å². The summed E-state index contributed by atoms with van der Waals surface area (Å²) in [6, 6.07) is 0. The van der Waals surface area contributed by atoms with Gasteiger partial charge in [0, 0.05) is 6.20 Å². The van der Waals surface area contributed by atoms with Crippen LogP contribution in [0.15, 0.2) is 11.0 Å². The molecule has 1 heterocycles. The molecule has 0 aliphatic heterocycles. The predicted octanol–water partition coefficient (Wildman–Crippen LogP) is 1.76. The molecule has 0 spiro atoms. The van der Waals surface area contributed by atoms with Gasteiger partial charge < -0.3 is 10.1 Å². The van der Waals surface area contributed by atoms with Crippen molar-refractivity contribution < 1.29 is 13.9 Å². The predicted molar refractivity (Wildman–Crippen MR) is 43.2 cm³/mol. The molecule has 72 valence electrons. The van der Waals surface area contributed by atoms with E-state index >= 15 is 0 Å². The highest BCUT2D eigenvalue weighted by atomic mass is 35.5. The van der Waals surface area contributed by atoms with E-state index in [1.165, 1.54) is 0 Å². The van der Waals surface area contributed by atoms with Gasteiger partial charge in [0.2, 0.25) is 5.43 Å². The monoisotopic (exact) mass is 209 g/mol. The number of halogens is 3. The van der Waals surface area contributed by atoms with E-state index in [-0.39, 0.29) is 11.6 Å². The number of aromatic nitrogens is 1. The zero-order valence-corrected chi connectivity index (χ0v) is 7.11. The van der Waals surface area contributed by atoms with Gasteiger partial charge in [0.1, 0.15) is 0 Å². The van der Waals surface area contributed by atoms with E-state index in [2.05, 4.69) is 4.98 Å². The molecule has 0 bridgehead atoms. The number of alkyl halides is 3. The van der Waals surface area contributed by atoms with Crippen LogP contribution in [0.25, 0.3) is 0 Å². The Labute approximate surface area is 77.0 Å². The maximum Gasteiger partial charge on any atom is 0.269 e. The molecule has 0 radical (unpaired) electrons. The van der Waals surface area contributed by atoms with Crippen molar-refractivity contribution in [1.82, 2.24) is 4.98 Å². The summed E-state index contributed by atoms with van der Waals surface area (Å²) in [7, 11) is 0. The van der Waals surface area contributed by atoms with Crippen molar-refractivity contribution in [3.05, 3.63) is 27.7 Å². The molecular formula is C7H6ClF2NO2. The second-order valence-corrected chi connectivity index (χ2v) is 2.60. The number of pyridine rings is 1. The Morgan fingerprint density at radius 1 is 1.62 bits per heavy atom. The highest BCUT2D eigenvalue weighted by Crippen LogP contribution is 2.18. The third-order valence-electron chi connectivity index (χ3n) is 1.53. The molecule has 0 atom stereocenters. The first kappa shape index (κ1) is 9.98. The number of rotatable bonds is 2. The summed E-state index contributed by atoms with van der Waals surface area (Å²) in [4.78, 5) is 13.3. The third kappa shape index (κ3) is 1.80. The smallest absolute Gasteiger partial charge is 0.269 e. The van der Waals surface area contributed by atoms with Crippen LogP contribution >= 0.6 is 11.6 Å². The second kappa shape index (κ2) is 3.74. The fraction of sp³-hybridized carbons (Fsp3) is 0.286. The Hall–Kier alpha value is -1.10. The lowest BCUT2D eigenvalue weighted by Gasteiger charge is -2.02. The maximum atomic E-state index is 12.1. The summed E-state index contributed by atoms with van der Waals surface area (Å²) in [6.45, 7) is 0. The van der Waals surface area contributed by atoms with Crippen LogP contribution in [0, 0.1) is 0 Å². The Bertz CT molecular complexity index is 364. The van der Waals surface area contributed by atoms with Gasteiger partial charge in [-0.3, -0.25) is 4.79 Å². The number of hydrogen-bond donors (Lipinski definition) is 2. The van der Waals surface area contributed by atoms with Crippen molar-refractivity contribution in [3.8, 4) is 5.75 Å². The zero-order valence-electron chi connectivity index (χ0n) is 6.35. The summed E-state index contributed by atoms with van der Waals surface area (Å²) in [5.74, 6) is -0.877. The normalized spacial score (nSPS) is 10.8. The van der Waals surface area contributed by atoms with Crippen LogP contribution in [0.4, 0.5) is 8.78 Å². The fourth-order valence-corrected chi connectivity index (χ4v) is 1.04. The molecule has 1 rings (SSSR count). The van der Waals surface area contributed by atoms with Crippen molar-refractivity contribution in [2.75, 3.05) is 0 Å². The van der Waals surface area contributed by atoms with Crippen LogP contribution in [0.5, 0.6) is 5.75 Å². The highest BCUT2D eigenvalue weighted by molar-refractivity contribution is 6.17. The van der Waals surface area contributed by atoms with Crippen LogP contribution in [0.3, 0.4) is 0 Å². The third-order valence-corrected chi connectivity index (χ3v) is 1.80. The first-order chi connectivity index (χ1) is 6.07. The molecule has 0 amide bonds. The fourth-order valence-electron chi connectivity index (χ4n) is 0.836. The minimum Gasteiger partial charge on any atom is -0.503 e. The van der Waals surface area contributed by atoms with E-state index in [9.17, 15) is 13.6 Å². The quantitative estimate of drug-likeness (QED) is 0.730. The standard InChI is InChI=1S/C7H6ClF2NO2/c8-1-4-6(13)5(12)3(2-11-4)7(9)10/h2,7,13H,1H2,(H,11,12). The van der Waals surface area contributed by atoms with Crippen LogP contribution in [-0.2, 0) is 5.88 Å². The molecule has 1 aromatic rings. The minimum atomic E-state index is -2.90. The average molecular weight is 210 g/mol. The number of H-pyrrole nitrogens is 1. The lowest BCUT2D eigenvalue weighted by atomic mass is 10.2. The highest BCUT2D eigenvalue weighted by Gasteiger charge is 2.16. The number of hydrogen-bond acceptors (Lipinski definition) is 2. The van der Waals surface area contributed by atoms with Crippen LogP contribution in [-0.4, -0.2) is 10.1 Å². The van der Waals surface area contributed by atoms with Gasteiger partial charge in [0.15, 0.2) is 5.75 Å². The van der Waals surface area contributed by atoms with E-state index in [0.29, 0.717) is 0 Å². The summed E-state index contributed by atoms with van der Waals surface area (Å²) < 4.78 is 24.2. The van der Waals surface area contributed by atoms with E-state index in [4.69, 9.17) is 16.7 Å².